The van der Waals surface area contributed by atoms with E-state index in [2.05, 4.69) is 5.32 Å². The second kappa shape index (κ2) is 9.49. The number of nitrogens with one attached hydrogen (secondary N) is 1. The molecular formula is C21H25ClN2O5S. The second-order valence-electron chi connectivity index (χ2n) is 6.93. The molecule has 2 aromatic rings. The number of esters is 1. The molecule has 0 aliphatic heterocycles. The topological polar surface area (TPSA) is 92.8 Å². The summed E-state index contributed by atoms with van der Waals surface area (Å²) in [5, 5.41) is 2.77. The quantitative estimate of drug-likeness (QED) is 0.642. The van der Waals surface area contributed by atoms with Crippen LogP contribution in [-0.4, -0.2) is 39.2 Å². The zero-order valence-corrected chi connectivity index (χ0v) is 19.1. The van der Waals surface area contributed by atoms with E-state index in [1.807, 2.05) is 13.0 Å². The predicted octanol–water partition coefficient (Wildman–Crippen LogP) is 3.93. The average Bonchev–Trinajstić information content (AvgIpc) is 2.65. The summed E-state index contributed by atoms with van der Waals surface area (Å²) in [7, 11) is -3.75. The van der Waals surface area contributed by atoms with Gasteiger partial charge in [-0.1, -0.05) is 23.7 Å². The van der Waals surface area contributed by atoms with Crippen LogP contribution in [-0.2, 0) is 19.6 Å². The number of ether oxygens (including phenoxy) is 1. The van der Waals surface area contributed by atoms with Crippen molar-refractivity contribution in [3.05, 3.63) is 58.1 Å². The van der Waals surface area contributed by atoms with E-state index in [-0.39, 0.29) is 22.9 Å². The molecule has 0 aliphatic carbocycles. The molecule has 1 N–H and O–H groups in total. The van der Waals surface area contributed by atoms with Gasteiger partial charge in [0.25, 0.3) is 0 Å². The van der Waals surface area contributed by atoms with Crippen LogP contribution in [0.25, 0.3) is 0 Å². The number of sulfonamides is 1. The molecule has 0 unspecified atom stereocenters. The van der Waals surface area contributed by atoms with Gasteiger partial charge in [-0.3, -0.25) is 9.10 Å². The smallest absolute Gasteiger partial charge is 0.338 e. The maximum atomic E-state index is 12.9. The minimum absolute atomic E-state index is 0.138. The van der Waals surface area contributed by atoms with Crippen LogP contribution < -0.4 is 9.62 Å². The summed E-state index contributed by atoms with van der Waals surface area (Å²) < 4.78 is 31.0. The largest absolute Gasteiger partial charge is 0.462 e. The van der Waals surface area contributed by atoms with Gasteiger partial charge in [-0.2, -0.15) is 0 Å². The summed E-state index contributed by atoms with van der Waals surface area (Å²) in [6, 6.07) is 8.69. The number of carbonyl (C=O) groups is 2. The van der Waals surface area contributed by atoms with E-state index in [9.17, 15) is 18.0 Å². The highest BCUT2D eigenvalue weighted by molar-refractivity contribution is 7.92. The van der Waals surface area contributed by atoms with Crippen molar-refractivity contribution in [2.24, 2.45) is 0 Å². The van der Waals surface area contributed by atoms with Crippen molar-refractivity contribution in [3.63, 3.8) is 0 Å². The van der Waals surface area contributed by atoms with Gasteiger partial charge in [-0.05, 0) is 63.1 Å². The molecule has 162 valence electrons. The van der Waals surface area contributed by atoms with Crippen molar-refractivity contribution in [2.75, 3.05) is 22.5 Å². The Balaban J connectivity index is 2.32. The molecule has 7 nitrogen and oxygen atoms in total. The number of halogens is 1. The first-order chi connectivity index (χ1) is 14.0. The number of nitrogens with zero attached hydrogens (tertiary/aromatic N) is 1. The van der Waals surface area contributed by atoms with Gasteiger partial charge in [0, 0.05) is 0 Å². The Kier molecular flexibility index (Phi) is 7.49. The lowest BCUT2D eigenvalue weighted by atomic mass is 10.1. The normalized spacial score (nSPS) is 12.2. The van der Waals surface area contributed by atoms with Crippen LogP contribution in [0, 0.1) is 13.8 Å². The van der Waals surface area contributed by atoms with Gasteiger partial charge in [-0.25, -0.2) is 13.2 Å². The fraction of sp³-hybridized carbons (Fsp3) is 0.333. The Morgan fingerprint density at radius 3 is 2.40 bits per heavy atom. The third-order valence-electron chi connectivity index (χ3n) is 4.43. The van der Waals surface area contributed by atoms with Crippen molar-refractivity contribution >= 4 is 44.9 Å². The molecule has 0 aromatic heterocycles. The van der Waals surface area contributed by atoms with Crippen molar-refractivity contribution < 1.29 is 22.7 Å². The molecule has 2 aromatic carbocycles. The van der Waals surface area contributed by atoms with Crippen molar-refractivity contribution in [2.45, 2.75) is 33.7 Å². The highest BCUT2D eigenvalue weighted by atomic mass is 35.5. The van der Waals surface area contributed by atoms with E-state index < -0.39 is 27.9 Å². The van der Waals surface area contributed by atoms with Crippen LogP contribution in [0.4, 0.5) is 11.4 Å². The first-order valence-electron chi connectivity index (χ1n) is 9.30. The first-order valence-corrected chi connectivity index (χ1v) is 11.5. The van der Waals surface area contributed by atoms with Crippen LogP contribution in [0.5, 0.6) is 0 Å². The van der Waals surface area contributed by atoms with E-state index >= 15 is 0 Å². The Morgan fingerprint density at radius 2 is 1.83 bits per heavy atom. The fourth-order valence-corrected chi connectivity index (χ4v) is 4.38. The number of anilines is 2. The number of amides is 1. The van der Waals surface area contributed by atoms with E-state index in [0.717, 1.165) is 21.7 Å². The number of aryl methyl sites for hydroxylation is 2. The lowest BCUT2D eigenvalue weighted by Gasteiger charge is -2.30. The highest BCUT2D eigenvalue weighted by Gasteiger charge is 2.30. The summed E-state index contributed by atoms with van der Waals surface area (Å²) in [5.74, 6) is -1.09. The number of rotatable bonds is 7. The molecule has 0 bridgehead atoms. The van der Waals surface area contributed by atoms with E-state index in [1.165, 1.54) is 25.1 Å². The van der Waals surface area contributed by atoms with Gasteiger partial charge >= 0.3 is 5.97 Å². The number of benzene rings is 2. The molecular weight excluding hydrogens is 428 g/mol. The van der Waals surface area contributed by atoms with Crippen LogP contribution in [0.2, 0.25) is 5.02 Å². The van der Waals surface area contributed by atoms with Gasteiger partial charge in [-0.15, -0.1) is 0 Å². The zero-order valence-electron chi connectivity index (χ0n) is 17.5. The molecule has 1 amide bonds. The molecule has 0 saturated carbocycles. The van der Waals surface area contributed by atoms with Gasteiger partial charge < -0.3 is 10.1 Å². The van der Waals surface area contributed by atoms with Crippen LogP contribution in [0.1, 0.15) is 35.3 Å². The zero-order chi connectivity index (χ0) is 22.6. The second-order valence-corrected chi connectivity index (χ2v) is 9.20. The Morgan fingerprint density at radius 1 is 1.17 bits per heavy atom. The van der Waals surface area contributed by atoms with Gasteiger partial charge in [0.2, 0.25) is 15.9 Å². The van der Waals surface area contributed by atoms with Crippen molar-refractivity contribution in [1.29, 1.82) is 0 Å². The standard InChI is InChI=1S/C21H25ClN2O5S/c1-6-29-21(26)16-9-10-18(17(22)12-16)23-20(25)15(4)24(30(5,27)28)19-11-13(2)7-8-14(19)3/h7-12,15H,6H2,1-5H3,(H,23,25)/t15-/m0/s1. The Bertz CT molecular complexity index is 1070. The van der Waals surface area contributed by atoms with Crippen LogP contribution in [0.15, 0.2) is 36.4 Å². The lowest BCUT2D eigenvalue weighted by Crippen LogP contribution is -2.45. The third kappa shape index (κ3) is 5.52. The first kappa shape index (κ1) is 23.7. The number of hydrogen-bond donors (Lipinski definition) is 1. The monoisotopic (exact) mass is 452 g/mol. The molecule has 30 heavy (non-hydrogen) atoms. The SMILES string of the molecule is CCOC(=O)c1ccc(NC(=O)[C@H](C)N(c2cc(C)ccc2C)S(C)(=O)=O)c(Cl)c1. The summed E-state index contributed by atoms with van der Waals surface area (Å²) in [6.45, 7) is 7.05. The molecule has 2 rings (SSSR count). The minimum atomic E-state index is -3.75. The summed E-state index contributed by atoms with van der Waals surface area (Å²) in [5.41, 5.74) is 2.54. The maximum absolute atomic E-state index is 12.9. The molecule has 0 saturated heterocycles. The summed E-state index contributed by atoms with van der Waals surface area (Å²) in [4.78, 5) is 24.7. The number of hydrogen-bond acceptors (Lipinski definition) is 5. The summed E-state index contributed by atoms with van der Waals surface area (Å²) in [6.07, 6.45) is 1.06. The lowest BCUT2D eigenvalue weighted by molar-refractivity contribution is -0.116. The van der Waals surface area contributed by atoms with Gasteiger partial charge in [0.1, 0.15) is 6.04 Å². The third-order valence-corrected chi connectivity index (χ3v) is 5.97. The summed E-state index contributed by atoms with van der Waals surface area (Å²) >= 11 is 6.20. The molecule has 0 heterocycles. The molecule has 0 fully saturated rings. The maximum Gasteiger partial charge on any atom is 0.338 e. The molecule has 1 atom stereocenters. The predicted molar refractivity (Wildman–Crippen MR) is 119 cm³/mol. The fourth-order valence-electron chi connectivity index (χ4n) is 2.93. The van der Waals surface area contributed by atoms with Crippen LogP contribution >= 0.6 is 11.6 Å². The molecule has 0 radical (unpaired) electrons. The minimum Gasteiger partial charge on any atom is -0.462 e. The Hall–Kier alpha value is -2.58. The number of carbonyl (C=O) groups excluding carboxylic acids is 2. The van der Waals surface area contributed by atoms with Crippen LogP contribution in [0.3, 0.4) is 0 Å². The van der Waals surface area contributed by atoms with Gasteiger partial charge in [0.15, 0.2) is 0 Å². The van der Waals surface area contributed by atoms with E-state index in [0.29, 0.717) is 5.69 Å². The molecule has 0 aliphatic rings. The van der Waals surface area contributed by atoms with E-state index in [1.54, 1.807) is 26.0 Å². The van der Waals surface area contributed by atoms with Crippen molar-refractivity contribution in [3.8, 4) is 0 Å². The van der Waals surface area contributed by atoms with Crippen molar-refractivity contribution in [1.82, 2.24) is 0 Å². The average molecular weight is 453 g/mol. The highest BCUT2D eigenvalue weighted by Crippen LogP contribution is 2.28. The van der Waals surface area contributed by atoms with Gasteiger partial charge in [0.05, 0.1) is 34.8 Å². The molecule has 9 heteroatoms. The molecule has 0 spiro atoms. The Labute approximate surface area is 182 Å². The van der Waals surface area contributed by atoms with E-state index in [4.69, 9.17) is 16.3 Å².